The van der Waals surface area contributed by atoms with E-state index in [0.717, 1.165) is 11.3 Å². The van der Waals surface area contributed by atoms with Gasteiger partial charge in [0.25, 0.3) is 5.91 Å². The highest BCUT2D eigenvalue weighted by Gasteiger charge is 2.11. The van der Waals surface area contributed by atoms with E-state index >= 15 is 0 Å². The van der Waals surface area contributed by atoms with Crippen LogP contribution in [0.15, 0.2) is 43.0 Å². The Bertz CT molecular complexity index is 813. The average molecular weight is 329 g/mol. The summed E-state index contributed by atoms with van der Waals surface area (Å²) in [4.78, 5) is 24.1. The largest absolute Gasteiger partial charge is 0.288 e. The second-order valence-corrected chi connectivity index (χ2v) is 5.33. The monoisotopic (exact) mass is 328 g/mol. The molecule has 116 valence electrons. The molecule has 0 bridgehead atoms. The van der Waals surface area contributed by atoms with E-state index in [2.05, 4.69) is 25.4 Å². The van der Waals surface area contributed by atoms with E-state index in [-0.39, 0.29) is 11.6 Å². The van der Waals surface area contributed by atoms with Crippen molar-refractivity contribution >= 4 is 23.5 Å². The Morgan fingerprint density at radius 1 is 1.17 bits per heavy atom. The smallest absolute Gasteiger partial charge is 0.278 e. The van der Waals surface area contributed by atoms with Crippen LogP contribution in [0.5, 0.6) is 0 Å². The van der Waals surface area contributed by atoms with Gasteiger partial charge in [-0.2, -0.15) is 0 Å². The lowest BCUT2D eigenvalue weighted by molar-refractivity contribution is 0.102. The van der Waals surface area contributed by atoms with Crippen LogP contribution in [0.25, 0.3) is 0 Å². The zero-order chi connectivity index (χ0) is 16.2. The zero-order valence-electron chi connectivity index (χ0n) is 12.3. The van der Waals surface area contributed by atoms with Crippen LogP contribution in [0, 0.1) is 6.92 Å². The molecule has 0 aliphatic carbocycles. The lowest BCUT2D eigenvalue weighted by Crippen LogP contribution is -2.15. The minimum atomic E-state index is -0.401. The second kappa shape index (κ2) is 6.53. The van der Waals surface area contributed by atoms with Crippen LogP contribution in [-0.2, 0) is 6.54 Å². The number of anilines is 1. The molecule has 0 radical (unpaired) electrons. The molecule has 23 heavy (non-hydrogen) atoms. The molecule has 0 aliphatic rings. The number of benzene rings is 1. The molecular weight excluding hydrogens is 316 g/mol. The third-order valence-corrected chi connectivity index (χ3v) is 3.29. The highest BCUT2D eigenvalue weighted by Crippen LogP contribution is 2.11. The summed E-state index contributed by atoms with van der Waals surface area (Å²) in [5.74, 6) is -0.187. The van der Waals surface area contributed by atoms with Crippen molar-refractivity contribution in [3.63, 3.8) is 0 Å². The van der Waals surface area contributed by atoms with Crippen molar-refractivity contribution in [1.82, 2.24) is 24.7 Å². The molecule has 0 fully saturated rings. The summed E-state index contributed by atoms with van der Waals surface area (Å²) in [6.07, 6.45) is 4.49. The molecule has 0 unspecified atom stereocenters. The van der Waals surface area contributed by atoms with Crippen molar-refractivity contribution in [3.8, 4) is 0 Å². The zero-order valence-corrected chi connectivity index (χ0v) is 13.0. The van der Waals surface area contributed by atoms with Crippen molar-refractivity contribution in [3.05, 3.63) is 65.0 Å². The first kappa shape index (κ1) is 15.1. The molecule has 1 aromatic carbocycles. The van der Waals surface area contributed by atoms with Gasteiger partial charge in [0.1, 0.15) is 12.0 Å². The molecule has 3 rings (SSSR count). The fourth-order valence-corrected chi connectivity index (χ4v) is 2.01. The standard InChI is InChI=1S/C15H13ClN6O/c1-10-6-18-13(7-17-10)14(23)20-15-19-9-22(21-15)8-11-2-4-12(16)5-3-11/h2-7,9H,8H2,1H3,(H,20,21,23). The summed E-state index contributed by atoms with van der Waals surface area (Å²) >= 11 is 5.85. The van der Waals surface area contributed by atoms with Crippen LogP contribution in [0.2, 0.25) is 5.02 Å². The number of hydrogen-bond acceptors (Lipinski definition) is 5. The van der Waals surface area contributed by atoms with Crippen LogP contribution < -0.4 is 5.32 Å². The topological polar surface area (TPSA) is 85.6 Å². The summed E-state index contributed by atoms with van der Waals surface area (Å²) in [7, 11) is 0. The first-order valence-corrected chi connectivity index (χ1v) is 7.22. The van der Waals surface area contributed by atoms with E-state index in [0.29, 0.717) is 11.6 Å². The Balaban J connectivity index is 1.66. The minimum absolute atomic E-state index is 0.213. The Labute approximate surface area is 137 Å². The number of aryl methyl sites for hydroxylation is 1. The fourth-order valence-electron chi connectivity index (χ4n) is 1.88. The van der Waals surface area contributed by atoms with Crippen LogP contribution in [-0.4, -0.2) is 30.6 Å². The van der Waals surface area contributed by atoms with Gasteiger partial charge in [-0.1, -0.05) is 23.7 Å². The molecule has 0 saturated carbocycles. The number of nitrogens with zero attached hydrogens (tertiary/aromatic N) is 5. The number of rotatable bonds is 4. The van der Waals surface area contributed by atoms with Gasteiger partial charge in [-0.05, 0) is 24.6 Å². The van der Waals surface area contributed by atoms with E-state index in [1.807, 2.05) is 24.3 Å². The van der Waals surface area contributed by atoms with Crippen molar-refractivity contribution in [2.24, 2.45) is 0 Å². The van der Waals surface area contributed by atoms with Gasteiger partial charge in [-0.25, -0.2) is 14.6 Å². The molecule has 1 N–H and O–H groups in total. The van der Waals surface area contributed by atoms with Gasteiger partial charge < -0.3 is 0 Å². The van der Waals surface area contributed by atoms with Crippen molar-refractivity contribution in [2.75, 3.05) is 5.32 Å². The number of amides is 1. The molecule has 1 amide bonds. The summed E-state index contributed by atoms with van der Waals surface area (Å²) in [5.41, 5.74) is 1.98. The lowest BCUT2D eigenvalue weighted by Gasteiger charge is -2.02. The summed E-state index contributed by atoms with van der Waals surface area (Å²) < 4.78 is 1.62. The van der Waals surface area contributed by atoms with Crippen molar-refractivity contribution < 1.29 is 4.79 Å². The lowest BCUT2D eigenvalue weighted by atomic mass is 10.2. The van der Waals surface area contributed by atoms with Crippen LogP contribution in [0.1, 0.15) is 21.7 Å². The van der Waals surface area contributed by atoms with Crippen LogP contribution >= 0.6 is 11.6 Å². The van der Waals surface area contributed by atoms with Gasteiger partial charge in [-0.15, -0.1) is 5.10 Å². The minimum Gasteiger partial charge on any atom is -0.288 e. The summed E-state index contributed by atoms with van der Waals surface area (Å²) in [5, 5.41) is 7.47. The number of carbonyl (C=O) groups excluding carboxylic acids is 1. The molecule has 0 atom stereocenters. The third-order valence-electron chi connectivity index (χ3n) is 3.03. The van der Waals surface area contributed by atoms with Crippen molar-refractivity contribution in [2.45, 2.75) is 13.5 Å². The molecule has 3 aromatic rings. The average Bonchev–Trinajstić information content (AvgIpc) is 2.97. The molecule has 7 nitrogen and oxygen atoms in total. The first-order chi connectivity index (χ1) is 11.1. The molecule has 0 saturated heterocycles. The normalized spacial score (nSPS) is 10.5. The van der Waals surface area contributed by atoms with Gasteiger partial charge in [0.2, 0.25) is 5.95 Å². The Morgan fingerprint density at radius 3 is 2.65 bits per heavy atom. The Morgan fingerprint density at radius 2 is 1.96 bits per heavy atom. The summed E-state index contributed by atoms with van der Waals surface area (Å²) in [6, 6.07) is 7.44. The maximum absolute atomic E-state index is 12.0. The van der Waals surface area contributed by atoms with E-state index in [9.17, 15) is 4.79 Å². The van der Waals surface area contributed by atoms with E-state index in [1.54, 1.807) is 17.9 Å². The highest BCUT2D eigenvalue weighted by atomic mass is 35.5. The van der Waals surface area contributed by atoms with Gasteiger partial charge in [-0.3, -0.25) is 15.1 Å². The molecular formula is C15H13ClN6O. The fraction of sp³-hybridized carbons (Fsp3) is 0.133. The number of hydrogen-bond donors (Lipinski definition) is 1. The molecule has 2 heterocycles. The van der Waals surface area contributed by atoms with Gasteiger partial charge in [0.05, 0.1) is 18.4 Å². The number of nitrogens with one attached hydrogen (secondary N) is 1. The van der Waals surface area contributed by atoms with Crippen molar-refractivity contribution in [1.29, 1.82) is 0 Å². The SMILES string of the molecule is Cc1cnc(C(=O)Nc2ncn(Cc3ccc(Cl)cc3)n2)cn1. The predicted molar refractivity (Wildman–Crippen MR) is 85.3 cm³/mol. The van der Waals surface area contributed by atoms with Crippen LogP contribution in [0.3, 0.4) is 0 Å². The molecule has 8 heteroatoms. The quantitative estimate of drug-likeness (QED) is 0.794. The first-order valence-electron chi connectivity index (χ1n) is 6.84. The van der Waals surface area contributed by atoms with Gasteiger partial charge in [0.15, 0.2) is 0 Å². The maximum atomic E-state index is 12.0. The Kier molecular flexibility index (Phi) is 4.29. The van der Waals surface area contributed by atoms with E-state index in [1.165, 1.54) is 12.4 Å². The number of aromatic nitrogens is 5. The summed E-state index contributed by atoms with van der Waals surface area (Å²) in [6.45, 7) is 2.33. The molecule has 0 aliphatic heterocycles. The third kappa shape index (κ3) is 3.89. The number of carbonyl (C=O) groups is 1. The molecule has 0 spiro atoms. The highest BCUT2D eigenvalue weighted by molar-refractivity contribution is 6.30. The maximum Gasteiger partial charge on any atom is 0.278 e. The van der Waals surface area contributed by atoms with Crippen LogP contribution in [0.4, 0.5) is 5.95 Å². The Hall–Kier alpha value is -2.80. The number of halogens is 1. The molecule has 2 aromatic heterocycles. The van der Waals surface area contributed by atoms with Gasteiger partial charge >= 0.3 is 0 Å². The van der Waals surface area contributed by atoms with Gasteiger partial charge in [0, 0.05) is 11.2 Å². The second-order valence-electron chi connectivity index (χ2n) is 4.89. The van der Waals surface area contributed by atoms with E-state index < -0.39 is 5.91 Å². The predicted octanol–water partition coefficient (Wildman–Crippen LogP) is 2.33. The van der Waals surface area contributed by atoms with E-state index in [4.69, 9.17) is 11.6 Å².